The number of nitrogens with one attached hydrogen (secondary N) is 3. The number of anilines is 1. The number of urea groups is 1. The molecule has 1 heterocycles. The maximum atomic E-state index is 12.2. The number of amides is 2. The standard InChI is InChI=1S/C22H25N5O3/c1-3-30-21(28)17-6-4-5-7-18(17)24-22(29)23-13-12-19-25-20(27-26-19)14-16-10-8-15(2)9-11-16/h4-11H,3,12-14H2,1-2H3,(H2,23,24,29)(H,25,26,27). The number of esters is 1. The van der Waals surface area contributed by atoms with E-state index in [0.29, 0.717) is 36.5 Å². The second kappa shape index (κ2) is 10.2. The van der Waals surface area contributed by atoms with Gasteiger partial charge in [0, 0.05) is 19.4 Å². The van der Waals surface area contributed by atoms with Gasteiger partial charge in [-0.25, -0.2) is 14.6 Å². The summed E-state index contributed by atoms with van der Waals surface area (Å²) in [5, 5.41) is 12.6. The van der Waals surface area contributed by atoms with Gasteiger partial charge >= 0.3 is 12.0 Å². The van der Waals surface area contributed by atoms with Crippen LogP contribution in [-0.4, -0.2) is 40.3 Å². The molecule has 3 N–H and O–H groups in total. The second-order valence-corrected chi connectivity index (χ2v) is 6.76. The molecule has 0 aliphatic rings. The third kappa shape index (κ3) is 5.91. The van der Waals surface area contributed by atoms with Crippen molar-refractivity contribution in [3.05, 3.63) is 76.9 Å². The van der Waals surface area contributed by atoms with E-state index in [1.165, 1.54) is 5.56 Å². The molecule has 8 heteroatoms. The monoisotopic (exact) mass is 407 g/mol. The fraction of sp³-hybridized carbons (Fsp3) is 0.273. The van der Waals surface area contributed by atoms with Gasteiger partial charge in [0.2, 0.25) is 0 Å². The maximum Gasteiger partial charge on any atom is 0.340 e. The van der Waals surface area contributed by atoms with Crippen LogP contribution in [0.25, 0.3) is 0 Å². The summed E-state index contributed by atoms with van der Waals surface area (Å²) in [6.45, 7) is 4.40. The number of nitrogens with zero attached hydrogens (tertiary/aromatic N) is 2. The number of carbonyl (C=O) groups excluding carboxylic acids is 2. The molecule has 0 spiro atoms. The van der Waals surface area contributed by atoms with Crippen LogP contribution in [0.15, 0.2) is 48.5 Å². The van der Waals surface area contributed by atoms with Gasteiger partial charge in [-0.15, -0.1) is 0 Å². The Morgan fingerprint density at radius 3 is 2.63 bits per heavy atom. The van der Waals surface area contributed by atoms with Crippen LogP contribution in [0.5, 0.6) is 0 Å². The van der Waals surface area contributed by atoms with Crippen molar-refractivity contribution in [2.45, 2.75) is 26.7 Å². The maximum absolute atomic E-state index is 12.2. The van der Waals surface area contributed by atoms with E-state index in [-0.39, 0.29) is 6.61 Å². The Balaban J connectivity index is 1.48. The van der Waals surface area contributed by atoms with E-state index < -0.39 is 12.0 Å². The first-order chi connectivity index (χ1) is 14.5. The second-order valence-electron chi connectivity index (χ2n) is 6.76. The molecule has 8 nitrogen and oxygen atoms in total. The summed E-state index contributed by atoms with van der Waals surface area (Å²) < 4.78 is 5.01. The average molecular weight is 407 g/mol. The summed E-state index contributed by atoms with van der Waals surface area (Å²) in [6.07, 6.45) is 1.16. The summed E-state index contributed by atoms with van der Waals surface area (Å²) in [6, 6.07) is 14.6. The summed E-state index contributed by atoms with van der Waals surface area (Å²) >= 11 is 0. The van der Waals surface area contributed by atoms with Crippen LogP contribution >= 0.6 is 0 Å². The lowest BCUT2D eigenvalue weighted by Crippen LogP contribution is -2.31. The molecule has 0 saturated heterocycles. The minimum absolute atomic E-state index is 0.266. The number of H-pyrrole nitrogens is 1. The number of aromatic nitrogens is 3. The van der Waals surface area contributed by atoms with E-state index in [1.54, 1.807) is 31.2 Å². The van der Waals surface area contributed by atoms with Crippen LogP contribution in [0.2, 0.25) is 0 Å². The molecule has 156 valence electrons. The predicted molar refractivity (Wildman–Crippen MR) is 113 cm³/mol. The Bertz CT molecular complexity index is 998. The van der Waals surface area contributed by atoms with Crippen molar-refractivity contribution in [1.29, 1.82) is 0 Å². The molecule has 30 heavy (non-hydrogen) atoms. The average Bonchev–Trinajstić information content (AvgIpc) is 3.17. The number of ether oxygens (including phenoxy) is 1. The van der Waals surface area contributed by atoms with Gasteiger partial charge in [-0.3, -0.25) is 5.10 Å². The summed E-state index contributed by atoms with van der Waals surface area (Å²) in [4.78, 5) is 28.6. The van der Waals surface area contributed by atoms with Gasteiger partial charge in [-0.05, 0) is 31.5 Å². The van der Waals surface area contributed by atoms with Crippen LogP contribution in [0.3, 0.4) is 0 Å². The predicted octanol–water partition coefficient (Wildman–Crippen LogP) is 3.24. The third-order valence-corrected chi connectivity index (χ3v) is 4.37. The largest absolute Gasteiger partial charge is 0.462 e. The van der Waals surface area contributed by atoms with Gasteiger partial charge in [-0.1, -0.05) is 42.0 Å². The molecule has 0 radical (unpaired) electrons. The van der Waals surface area contributed by atoms with Gasteiger partial charge in [0.1, 0.15) is 5.82 Å². The zero-order valence-electron chi connectivity index (χ0n) is 17.1. The van der Waals surface area contributed by atoms with Gasteiger partial charge in [0.05, 0.1) is 17.9 Å². The van der Waals surface area contributed by atoms with E-state index in [9.17, 15) is 9.59 Å². The number of rotatable bonds is 8. The Hall–Kier alpha value is -3.68. The molecular weight excluding hydrogens is 382 g/mol. The van der Waals surface area contributed by atoms with Crippen LogP contribution in [0, 0.1) is 6.92 Å². The van der Waals surface area contributed by atoms with Crippen LogP contribution in [-0.2, 0) is 17.6 Å². The van der Waals surface area contributed by atoms with E-state index in [0.717, 1.165) is 11.4 Å². The molecule has 0 bridgehead atoms. The van der Waals surface area contributed by atoms with Crippen LogP contribution < -0.4 is 10.6 Å². The number of hydrogen-bond donors (Lipinski definition) is 3. The van der Waals surface area contributed by atoms with Crippen LogP contribution in [0.4, 0.5) is 10.5 Å². The fourth-order valence-electron chi connectivity index (χ4n) is 2.86. The number of carbonyl (C=O) groups is 2. The van der Waals surface area contributed by atoms with E-state index in [1.807, 2.05) is 0 Å². The summed E-state index contributed by atoms with van der Waals surface area (Å²) in [7, 11) is 0. The lowest BCUT2D eigenvalue weighted by Gasteiger charge is -2.10. The smallest absolute Gasteiger partial charge is 0.340 e. The third-order valence-electron chi connectivity index (χ3n) is 4.37. The number of hydrogen-bond acceptors (Lipinski definition) is 5. The molecule has 3 aromatic rings. The lowest BCUT2D eigenvalue weighted by atomic mass is 10.1. The highest BCUT2D eigenvalue weighted by Crippen LogP contribution is 2.16. The summed E-state index contributed by atoms with van der Waals surface area (Å²) in [5.41, 5.74) is 3.07. The number of aromatic amines is 1. The Morgan fingerprint density at radius 2 is 1.87 bits per heavy atom. The molecule has 0 aliphatic heterocycles. The number of aryl methyl sites for hydroxylation is 1. The number of para-hydroxylation sites is 1. The molecule has 0 atom stereocenters. The minimum Gasteiger partial charge on any atom is -0.462 e. The first kappa shape index (κ1) is 21.0. The molecular formula is C22H25N5O3. The Morgan fingerprint density at radius 1 is 1.10 bits per heavy atom. The van der Waals surface area contributed by atoms with Crippen molar-refractivity contribution < 1.29 is 14.3 Å². The fourth-order valence-corrected chi connectivity index (χ4v) is 2.86. The molecule has 0 aliphatic carbocycles. The molecule has 0 unspecified atom stereocenters. The van der Waals surface area contributed by atoms with Gasteiger partial charge < -0.3 is 15.4 Å². The van der Waals surface area contributed by atoms with E-state index in [4.69, 9.17) is 4.74 Å². The molecule has 0 fully saturated rings. The molecule has 0 saturated carbocycles. The Kier molecular flexibility index (Phi) is 7.15. The first-order valence-corrected chi connectivity index (χ1v) is 9.82. The SMILES string of the molecule is CCOC(=O)c1ccccc1NC(=O)NCCc1n[nH]c(Cc2ccc(C)cc2)n1. The highest BCUT2D eigenvalue weighted by molar-refractivity contribution is 6.00. The highest BCUT2D eigenvalue weighted by atomic mass is 16.5. The zero-order chi connectivity index (χ0) is 21.3. The van der Waals surface area contributed by atoms with Gasteiger partial charge in [0.15, 0.2) is 5.82 Å². The van der Waals surface area contributed by atoms with Gasteiger partial charge in [-0.2, -0.15) is 5.10 Å². The van der Waals surface area contributed by atoms with Crippen molar-refractivity contribution in [2.24, 2.45) is 0 Å². The van der Waals surface area contributed by atoms with Gasteiger partial charge in [0.25, 0.3) is 0 Å². The zero-order valence-corrected chi connectivity index (χ0v) is 17.1. The topological polar surface area (TPSA) is 109 Å². The van der Waals surface area contributed by atoms with E-state index in [2.05, 4.69) is 57.0 Å². The van der Waals surface area contributed by atoms with Crippen molar-refractivity contribution in [3.8, 4) is 0 Å². The Labute approximate surface area is 175 Å². The highest BCUT2D eigenvalue weighted by Gasteiger charge is 2.14. The molecule has 1 aromatic heterocycles. The van der Waals surface area contributed by atoms with Crippen molar-refractivity contribution in [2.75, 3.05) is 18.5 Å². The molecule has 2 amide bonds. The van der Waals surface area contributed by atoms with E-state index >= 15 is 0 Å². The minimum atomic E-state index is -0.477. The van der Waals surface area contributed by atoms with Crippen molar-refractivity contribution >= 4 is 17.7 Å². The molecule has 3 rings (SSSR count). The normalized spacial score (nSPS) is 10.5. The quantitative estimate of drug-likeness (QED) is 0.497. The first-order valence-electron chi connectivity index (χ1n) is 9.82. The number of benzene rings is 2. The lowest BCUT2D eigenvalue weighted by molar-refractivity contribution is 0.0527. The van der Waals surface area contributed by atoms with Crippen molar-refractivity contribution in [3.63, 3.8) is 0 Å². The molecule has 2 aromatic carbocycles. The van der Waals surface area contributed by atoms with Crippen LogP contribution in [0.1, 0.15) is 40.1 Å². The van der Waals surface area contributed by atoms with Crippen molar-refractivity contribution in [1.82, 2.24) is 20.5 Å². The summed E-state index contributed by atoms with van der Waals surface area (Å²) in [5.74, 6) is 0.932.